The fraction of sp³-hybridized carbons (Fsp3) is 0.300. The van der Waals surface area contributed by atoms with Gasteiger partial charge in [0.2, 0.25) is 0 Å². The van der Waals surface area contributed by atoms with Gasteiger partial charge in [-0.15, -0.1) is 17.8 Å². The van der Waals surface area contributed by atoms with Crippen LogP contribution in [0.25, 0.3) is 0 Å². The van der Waals surface area contributed by atoms with Crippen molar-refractivity contribution in [1.82, 2.24) is 4.90 Å². The zero-order valence-electron chi connectivity index (χ0n) is 7.79. The molecule has 0 aliphatic rings. The molecule has 74 valence electrons. The van der Waals surface area contributed by atoms with Crippen LogP contribution >= 0.6 is 27.3 Å². The molecule has 1 aromatic rings. The third kappa shape index (κ3) is 2.37. The second-order valence-electron chi connectivity index (χ2n) is 2.62. The number of nitrogens with zero attached hydrogens (tertiary/aromatic N) is 1. The number of hydrogen-bond donors (Lipinski definition) is 0. The third-order valence-electron chi connectivity index (χ3n) is 1.76. The number of rotatable bonds is 3. The lowest BCUT2D eigenvalue weighted by molar-refractivity contribution is 0.0789. The van der Waals surface area contributed by atoms with Gasteiger partial charge in [0.05, 0.1) is 6.54 Å². The standard InChI is InChI=1S/C10H10BrNOS/c1-3-6-12(4-2)10(13)9-8(11)5-7-14-9/h1,5,7H,4,6H2,2H3. The molecule has 0 saturated carbocycles. The van der Waals surface area contributed by atoms with Gasteiger partial charge in [0.25, 0.3) is 5.91 Å². The van der Waals surface area contributed by atoms with Crippen LogP contribution in [0.1, 0.15) is 16.6 Å². The first-order valence-electron chi connectivity index (χ1n) is 4.16. The van der Waals surface area contributed by atoms with Crippen molar-refractivity contribution in [3.05, 3.63) is 20.8 Å². The molecule has 0 unspecified atom stereocenters. The van der Waals surface area contributed by atoms with Crippen LogP contribution in [0, 0.1) is 12.3 Å². The van der Waals surface area contributed by atoms with Gasteiger partial charge in [0.1, 0.15) is 4.88 Å². The number of hydrogen-bond acceptors (Lipinski definition) is 2. The molecule has 14 heavy (non-hydrogen) atoms. The van der Waals surface area contributed by atoms with E-state index in [1.807, 2.05) is 18.4 Å². The molecule has 4 heteroatoms. The topological polar surface area (TPSA) is 20.3 Å². The van der Waals surface area contributed by atoms with Gasteiger partial charge in [-0.05, 0) is 34.3 Å². The number of carbonyl (C=O) groups excluding carboxylic acids is 1. The molecule has 0 aliphatic heterocycles. The van der Waals surface area contributed by atoms with E-state index in [1.54, 1.807) is 4.90 Å². The van der Waals surface area contributed by atoms with E-state index in [4.69, 9.17) is 6.42 Å². The first kappa shape index (κ1) is 11.3. The highest BCUT2D eigenvalue weighted by Crippen LogP contribution is 2.23. The van der Waals surface area contributed by atoms with Gasteiger partial charge in [-0.2, -0.15) is 0 Å². The van der Waals surface area contributed by atoms with E-state index in [9.17, 15) is 4.79 Å². The number of terminal acetylenes is 1. The highest BCUT2D eigenvalue weighted by Gasteiger charge is 2.16. The van der Waals surface area contributed by atoms with Crippen molar-refractivity contribution in [2.45, 2.75) is 6.92 Å². The quantitative estimate of drug-likeness (QED) is 0.774. The number of thiophene rings is 1. The predicted molar refractivity (Wildman–Crippen MR) is 62.4 cm³/mol. The summed E-state index contributed by atoms with van der Waals surface area (Å²) in [6.45, 7) is 2.91. The van der Waals surface area contributed by atoms with Gasteiger partial charge >= 0.3 is 0 Å². The van der Waals surface area contributed by atoms with Gasteiger partial charge in [-0.1, -0.05) is 5.92 Å². The Bertz CT molecular complexity index is 366. The van der Waals surface area contributed by atoms with Crippen molar-refractivity contribution in [3.63, 3.8) is 0 Å². The second kappa shape index (κ2) is 5.18. The minimum atomic E-state index is -0.00711. The molecular weight excluding hydrogens is 262 g/mol. The Labute approximate surface area is 96.0 Å². The molecule has 0 fully saturated rings. The SMILES string of the molecule is C#CCN(CC)C(=O)c1sccc1Br. The largest absolute Gasteiger partial charge is 0.327 e. The van der Waals surface area contributed by atoms with Crippen LogP contribution in [0.3, 0.4) is 0 Å². The van der Waals surface area contributed by atoms with Crippen molar-refractivity contribution < 1.29 is 4.79 Å². The van der Waals surface area contributed by atoms with Crippen molar-refractivity contribution in [3.8, 4) is 12.3 Å². The zero-order chi connectivity index (χ0) is 10.6. The fourth-order valence-corrected chi connectivity index (χ4v) is 2.54. The van der Waals surface area contributed by atoms with E-state index in [0.29, 0.717) is 18.0 Å². The van der Waals surface area contributed by atoms with Crippen LogP contribution in [0.2, 0.25) is 0 Å². The maximum absolute atomic E-state index is 11.9. The van der Waals surface area contributed by atoms with E-state index in [1.165, 1.54) is 11.3 Å². The normalized spacial score (nSPS) is 9.50. The molecule has 0 spiro atoms. The number of carbonyl (C=O) groups is 1. The van der Waals surface area contributed by atoms with Crippen molar-refractivity contribution in [2.75, 3.05) is 13.1 Å². The summed E-state index contributed by atoms with van der Waals surface area (Å²) in [6, 6.07) is 1.86. The summed E-state index contributed by atoms with van der Waals surface area (Å²) in [4.78, 5) is 14.2. The van der Waals surface area contributed by atoms with Crippen LogP contribution in [0.15, 0.2) is 15.9 Å². The maximum atomic E-state index is 11.9. The van der Waals surface area contributed by atoms with Gasteiger partial charge < -0.3 is 4.90 Å². The Morgan fingerprint density at radius 3 is 2.93 bits per heavy atom. The molecule has 0 aliphatic carbocycles. The van der Waals surface area contributed by atoms with Crippen LogP contribution in [-0.4, -0.2) is 23.9 Å². The second-order valence-corrected chi connectivity index (χ2v) is 4.39. The lowest BCUT2D eigenvalue weighted by Gasteiger charge is -2.16. The number of halogens is 1. The van der Waals surface area contributed by atoms with Crippen LogP contribution in [0.5, 0.6) is 0 Å². The Hall–Kier alpha value is -0.790. The molecule has 1 aromatic heterocycles. The first-order valence-corrected chi connectivity index (χ1v) is 5.83. The Morgan fingerprint density at radius 2 is 2.50 bits per heavy atom. The maximum Gasteiger partial charge on any atom is 0.265 e. The van der Waals surface area contributed by atoms with Gasteiger partial charge in [0, 0.05) is 11.0 Å². The van der Waals surface area contributed by atoms with E-state index in [2.05, 4.69) is 21.9 Å². The average Bonchev–Trinajstić information content (AvgIpc) is 2.59. The lowest BCUT2D eigenvalue weighted by atomic mass is 10.4. The average molecular weight is 272 g/mol. The lowest BCUT2D eigenvalue weighted by Crippen LogP contribution is -2.30. The monoisotopic (exact) mass is 271 g/mol. The summed E-state index contributed by atoms with van der Waals surface area (Å²) in [5.41, 5.74) is 0. The van der Waals surface area contributed by atoms with Gasteiger partial charge in [0.15, 0.2) is 0 Å². The Balaban J connectivity index is 2.84. The van der Waals surface area contributed by atoms with E-state index >= 15 is 0 Å². The van der Waals surface area contributed by atoms with Gasteiger partial charge in [-0.25, -0.2) is 0 Å². The molecule has 0 saturated heterocycles. The summed E-state index contributed by atoms with van der Waals surface area (Å²) in [5.74, 6) is 2.47. The Kier molecular flexibility index (Phi) is 4.18. The van der Waals surface area contributed by atoms with Crippen molar-refractivity contribution in [1.29, 1.82) is 0 Å². The predicted octanol–water partition coefficient (Wildman–Crippen LogP) is 2.61. The molecule has 1 rings (SSSR count). The molecule has 1 amide bonds. The highest BCUT2D eigenvalue weighted by molar-refractivity contribution is 9.10. The molecular formula is C10H10BrNOS. The smallest absolute Gasteiger partial charge is 0.265 e. The highest BCUT2D eigenvalue weighted by atomic mass is 79.9. The van der Waals surface area contributed by atoms with Crippen LogP contribution in [-0.2, 0) is 0 Å². The summed E-state index contributed by atoms with van der Waals surface area (Å²) in [6.07, 6.45) is 5.18. The molecule has 0 bridgehead atoms. The minimum Gasteiger partial charge on any atom is -0.327 e. The molecule has 0 atom stereocenters. The first-order chi connectivity index (χ1) is 6.70. The summed E-state index contributed by atoms with van der Waals surface area (Å²) >= 11 is 4.75. The van der Waals surface area contributed by atoms with Crippen molar-refractivity contribution >= 4 is 33.2 Å². The number of amides is 1. The van der Waals surface area contributed by atoms with Crippen LogP contribution in [0.4, 0.5) is 0 Å². The van der Waals surface area contributed by atoms with E-state index in [-0.39, 0.29) is 5.91 Å². The molecule has 2 nitrogen and oxygen atoms in total. The molecule has 0 aromatic carbocycles. The zero-order valence-corrected chi connectivity index (χ0v) is 10.2. The summed E-state index contributed by atoms with van der Waals surface area (Å²) in [5, 5.41) is 1.88. The van der Waals surface area contributed by atoms with Gasteiger partial charge in [-0.3, -0.25) is 4.79 Å². The van der Waals surface area contributed by atoms with Crippen molar-refractivity contribution in [2.24, 2.45) is 0 Å². The molecule has 0 N–H and O–H groups in total. The van der Waals surface area contributed by atoms with E-state index < -0.39 is 0 Å². The third-order valence-corrected chi connectivity index (χ3v) is 3.59. The fourth-order valence-electron chi connectivity index (χ4n) is 1.03. The van der Waals surface area contributed by atoms with E-state index in [0.717, 1.165) is 4.47 Å². The minimum absolute atomic E-state index is 0.00711. The van der Waals surface area contributed by atoms with Crippen LogP contribution < -0.4 is 0 Å². The molecule has 1 heterocycles. The Morgan fingerprint density at radius 1 is 1.79 bits per heavy atom. The summed E-state index contributed by atoms with van der Waals surface area (Å²) < 4.78 is 0.836. The summed E-state index contributed by atoms with van der Waals surface area (Å²) in [7, 11) is 0. The molecule has 0 radical (unpaired) electrons.